The minimum Gasteiger partial charge on any atom is -0.370 e. The normalized spacial score (nSPS) is 23.9. The molecule has 2 rings (SSSR count). The van der Waals surface area contributed by atoms with E-state index in [0.717, 1.165) is 19.0 Å². The van der Waals surface area contributed by atoms with Crippen molar-refractivity contribution in [3.05, 3.63) is 0 Å². The highest BCUT2D eigenvalue weighted by Gasteiger charge is 2.53. The van der Waals surface area contributed by atoms with Gasteiger partial charge in [0.2, 0.25) is 0 Å². The molecule has 3 nitrogen and oxygen atoms in total. The van der Waals surface area contributed by atoms with Gasteiger partial charge in [-0.3, -0.25) is 4.99 Å². The van der Waals surface area contributed by atoms with Crippen molar-refractivity contribution in [2.24, 2.45) is 22.1 Å². The third-order valence-electron chi connectivity index (χ3n) is 3.74. The largest absolute Gasteiger partial charge is 0.370 e. The van der Waals surface area contributed by atoms with E-state index in [0.29, 0.717) is 11.4 Å². The lowest BCUT2D eigenvalue weighted by Crippen LogP contribution is -2.33. The molecule has 0 atom stereocenters. The van der Waals surface area contributed by atoms with Crippen LogP contribution >= 0.6 is 0 Å². The van der Waals surface area contributed by atoms with Crippen LogP contribution in [0.5, 0.6) is 0 Å². The topological polar surface area (TPSA) is 50.4 Å². The van der Waals surface area contributed by atoms with Gasteiger partial charge in [-0.15, -0.1) is 0 Å². The van der Waals surface area contributed by atoms with Crippen molar-refractivity contribution in [2.45, 2.75) is 45.4 Å². The number of rotatable bonds is 6. The molecule has 0 aromatic heterocycles. The monoisotopic (exact) mass is 209 g/mol. The van der Waals surface area contributed by atoms with Crippen LogP contribution in [0.1, 0.15) is 45.4 Å². The van der Waals surface area contributed by atoms with Crippen molar-refractivity contribution in [2.75, 3.05) is 13.1 Å². The number of guanidine groups is 1. The summed E-state index contributed by atoms with van der Waals surface area (Å²) in [6.07, 6.45) is 7.99. The molecule has 0 heterocycles. The van der Waals surface area contributed by atoms with E-state index in [-0.39, 0.29) is 0 Å². The lowest BCUT2D eigenvalue weighted by molar-refractivity contribution is 0.453. The Morgan fingerprint density at radius 1 is 1.47 bits per heavy atom. The first-order valence-electron chi connectivity index (χ1n) is 6.31. The summed E-state index contributed by atoms with van der Waals surface area (Å²) in [7, 11) is 0. The molecule has 2 aliphatic carbocycles. The summed E-state index contributed by atoms with van der Waals surface area (Å²) in [5.41, 5.74) is 6.39. The third kappa shape index (κ3) is 2.86. The highest BCUT2D eigenvalue weighted by molar-refractivity contribution is 5.77. The maximum atomic E-state index is 5.81. The molecule has 0 saturated heterocycles. The second kappa shape index (κ2) is 4.42. The van der Waals surface area contributed by atoms with E-state index in [1.807, 2.05) is 0 Å². The number of nitrogens with one attached hydrogen (secondary N) is 1. The fraction of sp³-hybridized carbons (Fsp3) is 0.917. The second-order valence-electron chi connectivity index (χ2n) is 5.12. The van der Waals surface area contributed by atoms with Gasteiger partial charge < -0.3 is 11.1 Å². The summed E-state index contributed by atoms with van der Waals surface area (Å²) >= 11 is 0. The van der Waals surface area contributed by atoms with E-state index in [4.69, 9.17) is 5.73 Å². The van der Waals surface area contributed by atoms with Crippen molar-refractivity contribution in [1.82, 2.24) is 5.32 Å². The lowest BCUT2D eigenvalue weighted by Gasteiger charge is -2.11. The number of aliphatic imine (C=N–C) groups is 1. The van der Waals surface area contributed by atoms with Crippen LogP contribution in [-0.2, 0) is 0 Å². The van der Waals surface area contributed by atoms with Gasteiger partial charge in [0.25, 0.3) is 0 Å². The average Bonchev–Trinajstić information content (AvgIpc) is 3.06. The summed E-state index contributed by atoms with van der Waals surface area (Å²) in [6.45, 7) is 4.10. The summed E-state index contributed by atoms with van der Waals surface area (Å²) in [4.78, 5) is 4.47. The maximum Gasteiger partial charge on any atom is 0.188 e. The van der Waals surface area contributed by atoms with Crippen LogP contribution in [0.25, 0.3) is 0 Å². The van der Waals surface area contributed by atoms with Crippen molar-refractivity contribution >= 4 is 5.96 Å². The van der Waals surface area contributed by atoms with Gasteiger partial charge in [0.1, 0.15) is 0 Å². The lowest BCUT2D eigenvalue weighted by atomic mass is 10.0. The molecule has 0 unspecified atom stereocenters. The highest BCUT2D eigenvalue weighted by atomic mass is 15.1. The Balaban J connectivity index is 1.68. The van der Waals surface area contributed by atoms with Gasteiger partial charge in [0.05, 0.1) is 0 Å². The quantitative estimate of drug-likeness (QED) is 0.399. The zero-order valence-corrected chi connectivity index (χ0v) is 9.76. The molecule has 0 spiro atoms. The fourth-order valence-electron chi connectivity index (χ4n) is 2.24. The van der Waals surface area contributed by atoms with Gasteiger partial charge in [-0.05, 0) is 43.4 Å². The Hall–Kier alpha value is -0.730. The Bertz CT molecular complexity index is 239. The van der Waals surface area contributed by atoms with E-state index in [1.54, 1.807) is 0 Å². The van der Waals surface area contributed by atoms with E-state index in [9.17, 15) is 0 Å². The third-order valence-corrected chi connectivity index (χ3v) is 3.74. The summed E-state index contributed by atoms with van der Waals surface area (Å²) < 4.78 is 0. The molecule has 0 aliphatic heterocycles. The summed E-state index contributed by atoms with van der Waals surface area (Å²) in [6, 6.07) is 0. The van der Waals surface area contributed by atoms with Crippen LogP contribution in [0.4, 0.5) is 0 Å². The fourth-order valence-corrected chi connectivity index (χ4v) is 2.24. The molecular weight excluding hydrogens is 186 g/mol. The summed E-state index contributed by atoms with van der Waals surface area (Å²) in [5.74, 6) is 1.63. The Kier molecular flexibility index (Phi) is 3.17. The smallest absolute Gasteiger partial charge is 0.188 e. The molecule has 3 heteroatoms. The van der Waals surface area contributed by atoms with Gasteiger partial charge in [-0.2, -0.15) is 0 Å². The Morgan fingerprint density at radius 2 is 2.20 bits per heavy atom. The molecule has 2 saturated carbocycles. The summed E-state index contributed by atoms with van der Waals surface area (Å²) in [5, 5.41) is 3.17. The van der Waals surface area contributed by atoms with Crippen LogP contribution in [0, 0.1) is 11.3 Å². The first kappa shape index (κ1) is 10.8. The first-order valence-corrected chi connectivity index (χ1v) is 6.31. The zero-order chi connectivity index (χ0) is 10.7. The molecule has 0 bridgehead atoms. The molecule has 0 amide bonds. The van der Waals surface area contributed by atoms with E-state index in [1.165, 1.54) is 38.5 Å². The van der Waals surface area contributed by atoms with Crippen LogP contribution < -0.4 is 11.1 Å². The molecule has 15 heavy (non-hydrogen) atoms. The molecule has 2 fully saturated rings. The van der Waals surface area contributed by atoms with Crippen LogP contribution in [-0.4, -0.2) is 19.0 Å². The number of hydrogen-bond acceptors (Lipinski definition) is 1. The highest BCUT2D eigenvalue weighted by Crippen LogP contribution is 2.61. The van der Waals surface area contributed by atoms with Gasteiger partial charge in [-0.25, -0.2) is 0 Å². The minimum atomic E-state index is 0.580. The van der Waals surface area contributed by atoms with Crippen molar-refractivity contribution < 1.29 is 0 Å². The van der Waals surface area contributed by atoms with Crippen LogP contribution in [0.2, 0.25) is 0 Å². The molecule has 86 valence electrons. The molecule has 0 radical (unpaired) electrons. The van der Waals surface area contributed by atoms with E-state index in [2.05, 4.69) is 17.2 Å². The average molecular weight is 209 g/mol. The van der Waals surface area contributed by atoms with Gasteiger partial charge in [-0.1, -0.05) is 13.3 Å². The number of hydrogen-bond donors (Lipinski definition) is 2. The van der Waals surface area contributed by atoms with Crippen molar-refractivity contribution in [3.8, 4) is 0 Å². The van der Waals surface area contributed by atoms with E-state index < -0.39 is 0 Å². The predicted octanol–water partition coefficient (Wildman–Crippen LogP) is 1.88. The molecule has 3 N–H and O–H groups in total. The zero-order valence-electron chi connectivity index (χ0n) is 9.76. The Morgan fingerprint density at radius 3 is 2.73 bits per heavy atom. The van der Waals surface area contributed by atoms with Gasteiger partial charge >= 0.3 is 0 Å². The predicted molar refractivity (Wildman–Crippen MR) is 63.8 cm³/mol. The standard InChI is InChI=1S/C12H23N3/c1-2-3-8-14-11(13)15-9-12(6-7-12)10-4-5-10/h10H,2-9H2,1H3,(H3,13,14,15). The molecule has 0 aromatic rings. The SMILES string of the molecule is CCCCNC(N)=NCC1(C2CC2)CC1. The molecular formula is C12H23N3. The van der Waals surface area contributed by atoms with Gasteiger partial charge in [0.15, 0.2) is 5.96 Å². The van der Waals surface area contributed by atoms with Crippen LogP contribution in [0.15, 0.2) is 4.99 Å². The number of nitrogens with zero attached hydrogens (tertiary/aromatic N) is 1. The second-order valence-corrected chi connectivity index (χ2v) is 5.12. The first-order chi connectivity index (χ1) is 7.27. The number of nitrogens with two attached hydrogens (primary N) is 1. The van der Waals surface area contributed by atoms with Gasteiger partial charge in [0, 0.05) is 13.1 Å². The van der Waals surface area contributed by atoms with E-state index >= 15 is 0 Å². The van der Waals surface area contributed by atoms with Crippen LogP contribution in [0.3, 0.4) is 0 Å². The minimum absolute atomic E-state index is 0.580. The maximum absolute atomic E-state index is 5.81. The van der Waals surface area contributed by atoms with Crippen molar-refractivity contribution in [3.63, 3.8) is 0 Å². The number of unbranched alkanes of at least 4 members (excludes halogenated alkanes) is 1. The Labute approximate surface area is 92.5 Å². The molecule has 0 aromatic carbocycles. The molecule has 2 aliphatic rings. The van der Waals surface area contributed by atoms with Crippen molar-refractivity contribution in [1.29, 1.82) is 0 Å².